The molecule has 1 atom stereocenters. The Hall–Kier alpha value is -1.42. The van der Waals surface area contributed by atoms with Crippen molar-refractivity contribution in [1.29, 1.82) is 0 Å². The van der Waals surface area contributed by atoms with Crippen LogP contribution in [0.3, 0.4) is 0 Å². The number of hydrogen-bond donors (Lipinski definition) is 0. The summed E-state index contributed by atoms with van der Waals surface area (Å²) in [6, 6.07) is 7.92. The van der Waals surface area contributed by atoms with Crippen LogP contribution in [0.1, 0.15) is 19.8 Å². The molecule has 1 aromatic carbocycles. The third-order valence-electron chi connectivity index (χ3n) is 4.32. The van der Waals surface area contributed by atoms with Gasteiger partial charge in [-0.1, -0.05) is 28.1 Å². The number of halogens is 1. The lowest BCUT2D eigenvalue weighted by atomic mass is 10.2. The summed E-state index contributed by atoms with van der Waals surface area (Å²) in [5.74, 6) is -0.0251. The molecule has 1 saturated heterocycles. The van der Waals surface area contributed by atoms with E-state index in [9.17, 15) is 9.59 Å². The first-order valence-corrected chi connectivity index (χ1v) is 12.3. The second kappa shape index (κ2) is 11.1. The van der Waals surface area contributed by atoms with Crippen LogP contribution in [0.4, 0.5) is 5.13 Å². The van der Waals surface area contributed by atoms with Gasteiger partial charge in [-0.3, -0.25) is 14.5 Å². The molecule has 3 rings (SSSR count). The fourth-order valence-electron chi connectivity index (χ4n) is 2.92. The number of aromatic nitrogens is 1. The van der Waals surface area contributed by atoms with Crippen molar-refractivity contribution in [3.05, 3.63) is 34.1 Å². The fourth-order valence-corrected chi connectivity index (χ4v) is 4.73. The van der Waals surface area contributed by atoms with Crippen LogP contribution in [0.5, 0.6) is 0 Å². The summed E-state index contributed by atoms with van der Waals surface area (Å²) in [6.45, 7) is 3.32. The molecule has 6 nitrogen and oxygen atoms in total. The Morgan fingerprint density at radius 1 is 1.34 bits per heavy atom. The summed E-state index contributed by atoms with van der Waals surface area (Å²) in [5, 5.41) is 2.61. The van der Waals surface area contributed by atoms with Crippen LogP contribution >= 0.6 is 39.0 Å². The molecule has 9 heteroatoms. The molecule has 2 heterocycles. The number of anilines is 1. The molecule has 1 unspecified atom stereocenters. The topological polar surface area (TPSA) is 68.7 Å². The van der Waals surface area contributed by atoms with Crippen molar-refractivity contribution in [1.82, 2.24) is 4.98 Å². The van der Waals surface area contributed by atoms with E-state index < -0.39 is 0 Å². The van der Waals surface area contributed by atoms with Gasteiger partial charge in [0.15, 0.2) is 5.13 Å². The van der Waals surface area contributed by atoms with E-state index in [-0.39, 0.29) is 29.5 Å². The van der Waals surface area contributed by atoms with E-state index in [0.717, 1.165) is 35.2 Å². The first-order valence-electron chi connectivity index (χ1n) is 9.43. The maximum atomic E-state index is 12.9. The van der Waals surface area contributed by atoms with Gasteiger partial charge in [0.2, 0.25) is 5.91 Å². The van der Waals surface area contributed by atoms with Crippen LogP contribution in [0.15, 0.2) is 34.1 Å². The molecule has 0 aliphatic carbocycles. The predicted molar refractivity (Wildman–Crippen MR) is 121 cm³/mol. The molecule has 0 N–H and O–H groups in total. The van der Waals surface area contributed by atoms with E-state index in [2.05, 4.69) is 15.9 Å². The normalized spacial score (nSPS) is 16.0. The van der Waals surface area contributed by atoms with Gasteiger partial charge >= 0.3 is 5.97 Å². The number of carbonyl (C=O) groups is 2. The number of thioether (sulfide) groups is 1. The van der Waals surface area contributed by atoms with E-state index in [1.54, 1.807) is 11.8 Å². The first kappa shape index (κ1) is 22.3. The SMILES string of the molecule is CCOC(=O)CSCC(=O)N(CC1CCCO1)c1nc(-c2ccc(Br)cc2)cs1. The van der Waals surface area contributed by atoms with Gasteiger partial charge in [-0.05, 0) is 31.9 Å². The van der Waals surface area contributed by atoms with E-state index in [1.807, 2.05) is 29.6 Å². The molecule has 1 aromatic heterocycles. The van der Waals surface area contributed by atoms with Crippen molar-refractivity contribution in [2.75, 3.05) is 36.2 Å². The molecule has 0 radical (unpaired) electrons. The highest BCUT2D eigenvalue weighted by Crippen LogP contribution is 2.30. The molecular weight excluding hydrogens is 476 g/mol. The minimum atomic E-state index is -0.303. The molecule has 1 amide bonds. The van der Waals surface area contributed by atoms with E-state index in [0.29, 0.717) is 18.3 Å². The smallest absolute Gasteiger partial charge is 0.315 e. The van der Waals surface area contributed by atoms with Crippen LogP contribution in [0.2, 0.25) is 0 Å². The molecular formula is C20H23BrN2O4S2. The molecule has 1 aliphatic heterocycles. The minimum absolute atomic E-state index is 0.0223. The molecule has 1 aliphatic rings. The summed E-state index contributed by atoms with van der Waals surface area (Å²) in [6.07, 6.45) is 1.96. The summed E-state index contributed by atoms with van der Waals surface area (Å²) >= 11 is 6.14. The van der Waals surface area contributed by atoms with Crippen LogP contribution in [0.25, 0.3) is 11.3 Å². The molecule has 0 saturated carbocycles. The number of amides is 1. The van der Waals surface area contributed by atoms with Gasteiger partial charge in [-0.15, -0.1) is 23.1 Å². The summed E-state index contributed by atoms with van der Waals surface area (Å²) in [4.78, 5) is 30.8. The zero-order chi connectivity index (χ0) is 20.6. The Balaban J connectivity index is 1.70. The van der Waals surface area contributed by atoms with E-state index >= 15 is 0 Å². The highest BCUT2D eigenvalue weighted by Gasteiger charge is 2.26. The molecule has 2 aromatic rings. The van der Waals surface area contributed by atoms with Crippen molar-refractivity contribution < 1.29 is 19.1 Å². The Bertz CT molecular complexity index is 822. The Kier molecular flexibility index (Phi) is 8.53. The lowest BCUT2D eigenvalue weighted by Crippen LogP contribution is -2.38. The average Bonchev–Trinajstić information content (AvgIpc) is 3.39. The number of esters is 1. The zero-order valence-electron chi connectivity index (χ0n) is 16.1. The van der Waals surface area contributed by atoms with Crippen LogP contribution in [-0.4, -0.2) is 54.2 Å². The minimum Gasteiger partial charge on any atom is -0.465 e. The van der Waals surface area contributed by atoms with Gasteiger partial charge < -0.3 is 9.47 Å². The summed E-state index contributed by atoms with van der Waals surface area (Å²) in [7, 11) is 0. The average molecular weight is 499 g/mol. The van der Waals surface area contributed by atoms with E-state index in [1.165, 1.54) is 23.1 Å². The highest BCUT2D eigenvalue weighted by molar-refractivity contribution is 9.10. The lowest BCUT2D eigenvalue weighted by molar-refractivity contribution is -0.139. The maximum absolute atomic E-state index is 12.9. The largest absolute Gasteiger partial charge is 0.465 e. The number of rotatable bonds is 9. The Morgan fingerprint density at radius 2 is 2.14 bits per heavy atom. The summed E-state index contributed by atoms with van der Waals surface area (Å²) < 4.78 is 11.7. The van der Waals surface area contributed by atoms with Gasteiger partial charge in [0.25, 0.3) is 0 Å². The third-order valence-corrected chi connectivity index (χ3v) is 6.61. The van der Waals surface area contributed by atoms with Gasteiger partial charge in [0.1, 0.15) is 0 Å². The monoisotopic (exact) mass is 498 g/mol. The Morgan fingerprint density at radius 3 is 2.83 bits per heavy atom. The molecule has 156 valence electrons. The lowest BCUT2D eigenvalue weighted by Gasteiger charge is -2.23. The van der Waals surface area contributed by atoms with Crippen molar-refractivity contribution in [3.8, 4) is 11.3 Å². The van der Waals surface area contributed by atoms with Crippen LogP contribution in [-0.2, 0) is 19.1 Å². The second-order valence-electron chi connectivity index (χ2n) is 6.46. The molecule has 1 fully saturated rings. The number of ether oxygens (including phenoxy) is 2. The number of thiazole rings is 1. The van der Waals surface area contributed by atoms with Crippen molar-refractivity contribution in [2.24, 2.45) is 0 Å². The van der Waals surface area contributed by atoms with Crippen LogP contribution in [0, 0.1) is 0 Å². The highest BCUT2D eigenvalue weighted by atomic mass is 79.9. The van der Waals surface area contributed by atoms with E-state index in [4.69, 9.17) is 14.5 Å². The molecule has 0 spiro atoms. The van der Waals surface area contributed by atoms with Crippen molar-refractivity contribution in [2.45, 2.75) is 25.9 Å². The first-order chi connectivity index (χ1) is 14.1. The van der Waals surface area contributed by atoms with Gasteiger partial charge in [0.05, 0.1) is 36.5 Å². The zero-order valence-corrected chi connectivity index (χ0v) is 19.4. The van der Waals surface area contributed by atoms with Crippen molar-refractivity contribution in [3.63, 3.8) is 0 Å². The fraction of sp³-hybridized carbons (Fsp3) is 0.450. The number of nitrogens with zero attached hydrogens (tertiary/aromatic N) is 2. The number of carbonyl (C=O) groups excluding carboxylic acids is 2. The molecule has 29 heavy (non-hydrogen) atoms. The summed E-state index contributed by atoms with van der Waals surface area (Å²) in [5.41, 5.74) is 1.83. The molecule has 0 bridgehead atoms. The Labute approximate surface area is 187 Å². The predicted octanol–water partition coefficient (Wildman–Crippen LogP) is 4.38. The van der Waals surface area contributed by atoms with Crippen LogP contribution < -0.4 is 4.90 Å². The second-order valence-corrected chi connectivity index (χ2v) is 9.20. The quantitative estimate of drug-likeness (QED) is 0.477. The third kappa shape index (κ3) is 6.53. The van der Waals surface area contributed by atoms with Crippen molar-refractivity contribution >= 4 is 56.0 Å². The van der Waals surface area contributed by atoms with Gasteiger partial charge in [-0.25, -0.2) is 4.98 Å². The maximum Gasteiger partial charge on any atom is 0.315 e. The number of benzene rings is 1. The van der Waals surface area contributed by atoms with Gasteiger partial charge in [0, 0.05) is 22.0 Å². The number of hydrogen-bond acceptors (Lipinski definition) is 7. The standard InChI is InChI=1S/C20H23BrN2O4S2/c1-2-26-19(25)13-28-12-18(24)23(10-16-4-3-9-27-16)20-22-17(11-29-20)14-5-7-15(21)8-6-14/h5-8,11,16H,2-4,9-10,12-13H2,1H3. The van der Waals surface area contributed by atoms with Gasteiger partial charge in [-0.2, -0.15) is 0 Å².